The number of piperidine rings is 1. The highest BCUT2D eigenvalue weighted by Crippen LogP contribution is 2.25. The smallest absolute Gasteiger partial charge is 0.243 e. The summed E-state index contributed by atoms with van der Waals surface area (Å²) in [6, 6.07) is 8.01. The zero-order valence-corrected chi connectivity index (χ0v) is 12.3. The van der Waals surface area contributed by atoms with E-state index in [0.717, 1.165) is 12.8 Å². The van der Waals surface area contributed by atoms with Crippen LogP contribution >= 0.6 is 0 Å². The lowest BCUT2D eigenvalue weighted by Crippen LogP contribution is -2.44. The van der Waals surface area contributed by atoms with E-state index in [0.29, 0.717) is 18.7 Å². The third-order valence-electron chi connectivity index (χ3n) is 3.79. The summed E-state index contributed by atoms with van der Waals surface area (Å²) in [5, 5.41) is 8.75. The second-order valence-corrected chi connectivity index (χ2v) is 7.20. The van der Waals surface area contributed by atoms with E-state index in [1.165, 1.54) is 28.6 Å². The summed E-state index contributed by atoms with van der Waals surface area (Å²) in [5.74, 6) is 0.205. The lowest BCUT2D eigenvalue weighted by Gasteiger charge is -2.33. The SMILES string of the molecule is C[C@H](N)[C@H]1CCCN(S(=O)(=O)c2ccc(C#N)cc2)C1. The maximum atomic E-state index is 12.6. The Morgan fingerprint density at radius 3 is 2.60 bits per heavy atom. The number of nitrogens with two attached hydrogens (primary N) is 1. The molecule has 1 aliphatic heterocycles. The van der Waals surface area contributed by atoms with Crippen molar-refractivity contribution < 1.29 is 8.42 Å². The van der Waals surface area contributed by atoms with Crippen LogP contribution in [0.1, 0.15) is 25.3 Å². The Balaban J connectivity index is 2.23. The van der Waals surface area contributed by atoms with Gasteiger partial charge in [0.1, 0.15) is 0 Å². The van der Waals surface area contributed by atoms with Gasteiger partial charge in [0.15, 0.2) is 0 Å². The van der Waals surface area contributed by atoms with Gasteiger partial charge in [0.2, 0.25) is 10.0 Å². The first-order chi connectivity index (χ1) is 9.45. The van der Waals surface area contributed by atoms with E-state index in [4.69, 9.17) is 11.0 Å². The van der Waals surface area contributed by atoms with Gasteiger partial charge in [-0.1, -0.05) is 0 Å². The van der Waals surface area contributed by atoms with E-state index in [1.807, 2.05) is 13.0 Å². The Kier molecular flexibility index (Phi) is 4.43. The summed E-state index contributed by atoms with van der Waals surface area (Å²) >= 11 is 0. The molecule has 0 aliphatic carbocycles. The first-order valence-corrected chi connectivity index (χ1v) is 8.15. The predicted molar refractivity (Wildman–Crippen MR) is 76.3 cm³/mol. The van der Waals surface area contributed by atoms with Crippen LogP contribution in [0, 0.1) is 17.2 Å². The molecular formula is C14H19N3O2S. The molecule has 20 heavy (non-hydrogen) atoms. The fraction of sp³-hybridized carbons (Fsp3) is 0.500. The van der Waals surface area contributed by atoms with Crippen molar-refractivity contribution >= 4 is 10.0 Å². The lowest BCUT2D eigenvalue weighted by atomic mass is 9.93. The van der Waals surface area contributed by atoms with Crippen molar-refractivity contribution in [3.05, 3.63) is 29.8 Å². The molecule has 0 bridgehead atoms. The molecule has 2 rings (SSSR count). The van der Waals surface area contributed by atoms with Gasteiger partial charge in [-0.25, -0.2) is 8.42 Å². The van der Waals surface area contributed by atoms with Crippen LogP contribution in [0.5, 0.6) is 0 Å². The molecule has 2 atom stereocenters. The van der Waals surface area contributed by atoms with Crippen molar-refractivity contribution in [1.29, 1.82) is 5.26 Å². The summed E-state index contributed by atoms with van der Waals surface area (Å²) in [6.45, 7) is 2.92. The van der Waals surface area contributed by atoms with Crippen LogP contribution in [-0.4, -0.2) is 31.9 Å². The van der Waals surface area contributed by atoms with Crippen molar-refractivity contribution in [3.63, 3.8) is 0 Å². The number of nitriles is 1. The molecule has 0 aromatic heterocycles. The molecule has 108 valence electrons. The molecule has 0 radical (unpaired) electrons. The maximum absolute atomic E-state index is 12.6. The van der Waals surface area contributed by atoms with Gasteiger partial charge in [0.25, 0.3) is 0 Å². The van der Waals surface area contributed by atoms with E-state index >= 15 is 0 Å². The predicted octanol–water partition coefficient (Wildman–Crippen LogP) is 1.31. The molecule has 1 aromatic carbocycles. The number of hydrogen-bond donors (Lipinski definition) is 1. The second kappa shape index (κ2) is 5.92. The van der Waals surface area contributed by atoms with Crippen molar-refractivity contribution in [2.75, 3.05) is 13.1 Å². The number of rotatable bonds is 3. The topological polar surface area (TPSA) is 87.2 Å². The van der Waals surface area contributed by atoms with Crippen LogP contribution < -0.4 is 5.73 Å². The first kappa shape index (κ1) is 15.0. The Labute approximate surface area is 120 Å². The van der Waals surface area contributed by atoms with Crippen LogP contribution in [-0.2, 0) is 10.0 Å². The molecule has 1 aliphatic rings. The molecule has 1 aromatic rings. The molecular weight excluding hydrogens is 274 g/mol. The van der Waals surface area contributed by atoms with Crippen LogP contribution in [0.4, 0.5) is 0 Å². The maximum Gasteiger partial charge on any atom is 0.243 e. The van der Waals surface area contributed by atoms with E-state index < -0.39 is 10.0 Å². The summed E-state index contributed by atoms with van der Waals surface area (Å²) in [7, 11) is -3.49. The minimum absolute atomic E-state index is 0.00559. The van der Waals surface area contributed by atoms with Gasteiger partial charge in [-0.3, -0.25) is 0 Å². The van der Waals surface area contributed by atoms with Crippen molar-refractivity contribution in [1.82, 2.24) is 4.31 Å². The molecule has 1 saturated heterocycles. The van der Waals surface area contributed by atoms with Gasteiger partial charge in [0.05, 0.1) is 16.5 Å². The van der Waals surface area contributed by atoms with Gasteiger partial charge in [-0.05, 0) is 49.9 Å². The quantitative estimate of drug-likeness (QED) is 0.910. The molecule has 0 amide bonds. The van der Waals surface area contributed by atoms with E-state index in [1.54, 1.807) is 0 Å². The van der Waals surface area contributed by atoms with Gasteiger partial charge in [-0.2, -0.15) is 9.57 Å². The molecule has 1 heterocycles. The van der Waals surface area contributed by atoms with E-state index in [2.05, 4.69) is 0 Å². The third kappa shape index (κ3) is 3.01. The molecule has 0 spiro atoms. The van der Waals surface area contributed by atoms with Crippen LogP contribution in [0.15, 0.2) is 29.2 Å². The fourth-order valence-corrected chi connectivity index (χ4v) is 4.01. The third-order valence-corrected chi connectivity index (χ3v) is 5.66. The zero-order chi connectivity index (χ0) is 14.8. The highest BCUT2D eigenvalue weighted by Gasteiger charge is 2.31. The number of hydrogen-bond acceptors (Lipinski definition) is 4. The van der Waals surface area contributed by atoms with Crippen LogP contribution in [0.2, 0.25) is 0 Å². The Hall–Kier alpha value is -1.42. The Bertz CT molecular complexity index is 602. The average molecular weight is 293 g/mol. The molecule has 0 saturated carbocycles. The summed E-state index contributed by atoms with van der Waals surface area (Å²) in [4.78, 5) is 0.238. The number of nitrogens with zero attached hydrogens (tertiary/aromatic N) is 2. The summed E-state index contributed by atoms with van der Waals surface area (Å²) in [5.41, 5.74) is 6.35. The number of sulfonamides is 1. The normalized spacial score (nSPS) is 22.1. The second-order valence-electron chi connectivity index (χ2n) is 5.26. The van der Waals surface area contributed by atoms with Crippen molar-refractivity contribution in [2.45, 2.75) is 30.7 Å². The van der Waals surface area contributed by atoms with Crippen LogP contribution in [0.3, 0.4) is 0 Å². The molecule has 6 heteroatoms. The monoisotopic (exact) mass is 293 g/mol. The highest BCUT2D eigenvalue weighted by molar-refractivity contribution is 7.89. The minimum Gasteiger partial charge on any atom is -0.328 e. The average Bonchev–Trinajstić information content (AvgIpc) is 2.47. The van der Waals surface area contributed by atoms with E-state index in [-0.39, 0.29) is 16.9 Å². The number of benzene rings is 1. The van der Waals surface area contributed by atoms with Crippen LogP contribution in [0.25, 0.3) is 0 Å². The lowest BCUT2D eigenvalue weighted by molar-refractivity contribution is 0.243. The van der Waals surface area contributed by atoms with Crippen molar-refractivity contribution in [3.8, 4) is 6.07 Å². The zero-order valence-electron chi connectivity index (χ0n) is 11.5. The molecule has 2 N–H and O–H groups in total. The Morgan fingerprint density at radius 1 is 1.40 bits per heavy atom. The van der Waals surface area contributed by atoms with Crippen molar-refractivity contribution in [2.24, 2.45) is 11.7 Å². The molecule has 0 unspecified atom stereocenters. The Morgan fingerprint density at radius 2 is 2.05 bits per heavy atom. The summed E-state index contributed by atoms with van der Waals surface area (Å²) < 4.78 is 26.6. The molecule has 1 fully saturated rings. The van der Waals surface area contributed by atoms with Gasteiger partial charge in [-0.15, -0.1) is 0 Å². The largest absolute Gasteiger partial charge is 0.328 e. The van der Waals surface area contributed by atoms with Gasteiger partial charge in [0, 0.05) is 19.1 Å². The highest BCUT2D eigenvalue weighted by atomic mass is 32.2. The van der Waals surface area contributed by atoms with Gasteiger partial charge < -0.3 is 5.73 Å². The minimum atomic E-state index is -3.49. The van der Waals surface area contributed by atoms with Gasteiger partial charge >= 0.3 is 0 Å². The summed E-state index contributed by atoms with van der Waals surface area (Å²) in [6.07, 6.45) is 1.80. The first-order valence-electron chi connectivity index (χ1n) is 6.71. The van der Waals surface area contributed by atoms with E-state index in [9.17, 15) is 8.42 Å². The fourth-order valence-electron chi connectivity index (χ4n) is 2.47. The standard InChI is InChI=1S/C14H19N3O2S/c1-11(16)13-3-2-8-17(10-13)20(18,19)14-6-4-12(9-15)5-7-14/h4-7,11,13H,2-3,8,10,16H2,1H3/t11-,13-/m0/s1. The molecule has 5 nitrogen and oxygen atoms in total.